The molecule has 0 nitrogen and oxygen atoms in total. The van der Waals surface area contributed by atoms with E-state index in [-0.39, 0.29) is 7.43 Å². The second kappa shape index (κ2) is 18.1. The summed E-state index contributed by atoms with van der Waals surface area (Å²) in [6.07, 6.45) is 2.64. The Labute approximate surface area is 91.4 Å². The first-order chi connectivity index (χ1) is 6.31. The average Bonchev–Trinajstić information content (AvgIpc) is 2.22. The zero-order chi connectivity index (χ0) is 10.5. The topological polar surface area (TPSA) is 0 Å². The Morgan fingerprint density at radius 3 is 1.36 bits per heavy atom. The van der Waals surface area contributed by atoms with Crippen molar-refractivity contribution < 1.29 is 0 Å². The van der Waals surface area contributed by atoms with Crippen molar-refractivity contribution in [2.75, 3.05) is 0 Å². The van der Waals surface area contributed by atoms with Gasteiger partial charge in [0.2, 0.25) is 0 Å². The molecule has 84 valence electrons. The quantitative estimate of drug-likeness (QED) is 0.559. The van der Waals surface area contributed by atoms with E-state index in [9.17, 15) is 0 Å². The van der Waals surface area contributed by atoms with Crippen molar-refractivity contribution in [2.45, 2.75) is 54.9 Å². The highest BCUT2D eigenvalue weighted by Gasteiger charge is 1.72. The van der Waals surface area contributed by atoms with Crippen LogP contribution in [-0.2, 0) is 0 Å². The average molecular weight is 196 g/mol. The van der Waals surface area contributed by atoms with Gasteiger partial charge in [0.05, 0.1) is 0 Å². The first-order valence-electron chi connectivity index (χ1n) is 5.32. The molecule has 0 aromatic heterocycles. The summed E-state index contributed by atoms with van der Waals surface area (Å²) < 4.78 is 0. The maximum absolute atomic E-state index is 2.18. The minimum atomic E-state index is 0. The predicted molar refractivity (Wildman–Crippen MR) is 69.8 cm³/mol. The van der Waals surface area contributed by atoms with Crippen molar-refractivity contribution in [3.63, 3.8) is 0 Å². The van der Waals surface area contributed by atoms with Gasteiger partial charge in [0.15, 0.2) is 0 Å². The Bertz CT molecular complexity index is 151. The van der Waals surface area contributed by atoms with E-state index in [1.165, 1.54) is 18.4 Å². The molecule has 0 heterocycles. The number of hydrogen-bond acceptors (Lipinski definition) is 0. The molecule has 1 rings (SSSR count). The van der Waals surface area contributed by atoms with Gasteiger partial charge in [0.1, 0.15) is 0 Å². The van der Waals surface area contributed by atoms with Crippen LogP contribution in [0, 0.1) is 6.92 Å². The van der Waals surface area contributed by atoms with E-state index < -0.39 is 0 Å². The SMILES string of the molecule is C.CC.CCCC.Cc1ccccc1. The molecule has 14 heavy (non-hydrogen) atoms. The van der Waals surface area contributed by atoms with Crippen molar-refractivity contribution in [3.8, 4) is 0 Å². The minimum absolute atomic E-state index is 0. The molecule has 0 spiro atoms. The lowest BCUT2D eigenvalue weighted by atomic mass is 10.2. The van der Waals surface area contributed by atoms with Crippen LogP contribution in [0.2, 0.25) is 0 Å². The standard InChI is InChI=1S/C7H8.C4H10.C2H6.CH4/c1-7-5-3-2-4-6-7;1-3-4-2;1-2;/h2-6H,1H3;3-4H2,1-2H3;1-2H3;1H4. The second-order valence-corrected chi connectivity index (χ2v) is 2.65. The van der Waals surface area contributed by atoms with Crippen LogP contribution in [0.3, 0.4) is 0 Å². The van der Waals surface area contributed by atoms with Crippen LogP contribution < -0.4 is 0 Å². The summed E-state index contributed by atoms with van der Waals surface area (Å²) >= 11 is 0. The van der Waals surface area contributed by atoms with Gasteiger partial charge in [0.25, 0.3) is 0 Å². The monoisotopic (exact) mass is 196 g/mol. The Morgan fingerprint density at radius 1 is 0.857 bits per heavy atom. The molecule has 1 aromatic rings. The summed E-state index contributed by atoms with van der Waals surface area (Å²) in [6.45, 7) is 10.4. The largest absolute Gasteiger partial charge is 0.0776 e. The van der Waals surface area contributed by atoms with Gasteiger partial charge >= 0.3 is 0 Å². The molecule has 0 aliphatic rings. The highest BCUT2D eigenvalue weighted by Crippen LogP contribution is 1.92. The molecular weight excluding hydrogens is 168 g/mol. The predicted octanol–water partition coefficient (Wildman–Crippen LogP) is 5.46. The van der Waals surface area contributed by atoms with Crippen LogP contribution in [0.4, 0.5) is 0 Å². The van der Waals surface area contributed by atoms with E-state index in [4.69, 9.17) is 0 Å². The van der Waals surface area contributed by atoms with Gasteiger partial charge < -0.3 is 0 Å². The molecular formula is C14H28. The van der Waals surface area contributed by atoms with Gasteiger partial charge in [-0.2, -0.15) is 0 Å². The van der Waals surface area contributed by atoms with E-state index in [1.807, 2.05) is 32.0 Å². The fourth-order valence-electron chi connectivity index (χ4n) is 0.534. The summed E-state index contributed by atoms with van der Waals surface area (Å²) in [6, 6.07) is 10.3. The van der Waals surface area contributed by atoms with Crippen molar-refractivity contribution >= 4 is 0 Å². The molecule has 0 amide bonds. The first-order valence-corrected chi connectivity index (χ1v) is 5.32. The lowest BCUT2D eigenvalue weighted by Crippen LogP contribution is -1.62. The van der Waals surface area contributed by atoms with Crippen LogP contribution in [-0.4, -0.2) is 0 Å². The number of aryl methyl sites for hydroxylation is 1. The Hall–Kier alpha value is -0.780. The summed E-state index contributed by atoms with van der Waals surface area (Å²) in [4.78, 5) is 0. The maximum Gasteiger partial charge on any atom is -0.0398 e. The zero-order valence-corrected chi connectivity index (χ0v) is 9.80. The van der Waals surface area contributed by atoms with Crippen molar-refractivity contribution in [1.82, 2.24) is 0 Å². The summed E-state index contributed by atoms with van der Waals surface area (Å²) in [7, 11) is 0. The smallest absolute Gasteiger partial charge is 0.0398 e. The third-order valence-electron chi connectivity index (χ3n) is 1.44. The van der Waals surface area contributed by atoms with Crippen LogP contribution in [0.15, 0.2) is 30.3 Å². The van der Waals surface area contributed by atoms with Crippen LogP contribution in [0.5, 0.6) is 0 Å². The molecule has 0 bridgehead atoms. The Balaban J connectivity index is -0.000000152. The summed E-state index contributed by atoms with van der Waals surface area (Å²) in [5.41, 5.74) is 1.32. The third kappa shape index (κ3) is 17.3. The molecule has 0 unspecified atom stereocenters. The number of rotatable bonds is 1. The molecule has 0 radical (unpaired) electrons. The Morgan fingerprint density at radius 2 is 1.21 bits per heavy atom. The molecule has 0 saturated heterocycles. The van der Waals surface area contributed by atoms with Gasteiger partial charge in [0, 0.05) is 0 Å². The first kappa shape index (κ1) is 18.9. The van der Waals surface area contributed by atoms with E-state index in [1.54, 1.807) is 0 Å². The van der Waals surface area contributed by atoms with E-state index in [0.29, 0.717) is 0 Å². The molecule has 0 N–H and O–H groups in total. The summed E-state index contributed by atoms with van der Waals surface area (Å²) in [5.74, 6) is 0. The van der Waals surface area contributed by atoms with E-state index in [0.717, 1.165) is 0 Å². The van der Waals surface area contributed by atoms with Crippen molar-refractivity contribution in [2.24, 2.45) is 0 Å². The summed E-state index contributed by atoms with van der Waals surface area (Å²) in [5, 5.41) is 0. The van der Waals surface area contributed by atoms with Crippen molar-refractivity contribution in [3.05, 3.63) is 35.9 Å². The number of benzene rings is 1. The molecule has 1 aromatic carbocycles. The zero-order valence-electron chi connectivity index (χ0n) is 9.80. The van der Waals surface area contributed by atoms with Crippen molar-refractivity contribution in [1.29, 1.82) is 0 Å². The third-order valence-corrected chi connectivity index (χ3v) is 1.44. The van der Waals surface area contributed by atoms with Crippen LogP contribution in [0.1, 0.15) is 53.5 Å². The molecule has 0 heteroatoms. The van der Waals surface area contributed by atoms with E-state index >= 15 is 0 Å². The van der Waals surface area contributed by atoms with Crippen LogP contribution >= 0.6 is 0 Å². The normalized spacial score (nSPS) is 6.93. The van der Waals surface area contributed by atoms with Gasteiger partial charge in [-0.25, -0.2) is 0 Å². The molecule has 0 aliphatic carbocycles. The number of hydrogen-bond donors (Lipinski definition) is 0. The molecule has 0 fully saturated rings. The van der Waals surface area contributed by atoms with Gasteiger partial charge in [-0.1, -0.05) is 83.9 Å². The lowest BCUT2D eigenvalue weighted by Gasteiger charge is -1.82. The minimum Gasteiger partial charge on any atom is -0.0776 e. The Kier molecular flexibility index (Phi) is 24.4. The van der Waals surface area contributed by atoms with Gasteiger partial charge in [-0.3, -0.25) is 0 Å². The lowest BCUT2D eigenvalue weighted by molar-refractivity contribution is 0.886. The molecule has 0 atom stereocenters. The molecule has 0 saturated carbocycles. The van der Waals surface area contributed by atoms with Crippen LogP contribution in [0.25, 0.3) is 0 Å². The fraction of sp³-hybridized carbons (Fsp3) is 0.571. The molecule has 0 aliphatic heterocycles. The maximum atomic E-state index is 2.18. The highest BCUT2D eigenvalue weighted by molar-refractivity contribution is 5.11. The van der Waals surface area contributed by atoms with Gasteiger partial charge in [-0.05, 0) is 6.92 Å². The van der Waals surface area contributed by atoms with Gasteiger partial charge in [-0.15, -0.1) is 0 Å². The van der Waals surface area contributed by atoms with E-state index in [2.05, 4.69) is 32.9 Å². The highest BCUT2D eigenvalue weighted by atomic mass is 13.8. The second-order valence-electron chi connectivity index (χ2n) is 2.65. The number of unbranched alkanes of at least 4 members (excludes halogenated alkanes) is 1. The fourth-order valence-corrected chi connectivity index (χ4v) is 0.534.